The van der Waals surface area contributed by atoms with Crippen molar-refractivity contribution in [2.24, 2.45) is 0 Å². The van der Waals surface area contributed by atoms with Gasteiger partial charge < -0.3 is 19.5 Å². The summed E-state index contributed by atoms with van der Waals surface area (Å²) in [6.07, 6.45) is -0.731. The van der Waals surface area contributed by atoms with E-state index in [2.05, 4.69) is 5.32 Å². The summed E-state index contributed by atoms with van der Waals surface area (Å²) in [5.74, 6) is 1.14. The minimum absolute atomic E-state index is 0.339. The fourth-order valence-corrected chi connectivity index (χ4v) is 2.65. The van der Waals surface area contributed by atoms with E-state index in [9.17, 15) is 4.79 Å². The van der Waals surface area contributed by atoms with Crippen LogP contribution in [0.3, 0.4) is 0 Å². The molecule has 0 spiro atoms. The first kappa shape index (κ1) is 19.2. The zero-order valence-electron chi connectivity index (χ0n) is 14.4. The lowest BCUT2D eigenvalue weighted by Gasteiger charge is -2.18. The van der Waals surface area contributed by atoms with Crippen molar-refractivity contribution in [1.29, 1.82) is 0 Å². The Morgan fingerprint density at radius 2 is 1.72 bits per heavy atom. The van der Waals surface area contributed by atoms with Gasteiger partial charge in [-0.05, 0) is 43.7 Å². The molecule has 0 unspecified atom stereocenters. The standard InChI is InChI=1S/C18H19Cl2NO4/c1-10-7-12(19)5-6-15(10)25-11(2)18(22)21-14-8-13(20)16(23-3)9-17(14)24-4/h5-9,11H,1-4H3,(H,21,22)/t11-/m1/s1. The van der Waals surface area contributed by atoms with E-state index in [-0.39, 0.29) is 5.91 Å². The van der Waals surface area contributed by atoms with Crippen LogP contribution in [0.2, 0.25) is 10.0 Å². The van der Waals surface area contributed by atoms with Crippen LogP contribution in [0, 0.1) is 6.92 Å². The van der Waals surface area contributed by atoms with Gasteiger partial charge in [0.05, 0.1) is 24.9 Å². The highest BCUT2D eigenvalue weighted by Crippen LogP contribution is 2.36. The number of methoxy groups -OCH3 is 2. The van der Waals surface area contributed by atoms with E-state index in [4.69, 9.17) is 37.4 Å². The molecule has 134 valence electrons. The molecular weight excluding hydrogens is 365 g/mol. The summed E-state index contributed by atoms with van der Waals surface area (Å²) >= 11 is 12.0. The van der Waals surface area contributed by atoms with Crippen molar-refractivity contribution in [2.45, 2.75) is 20.0 Å². The van der Waals surface area contributed by atoms with Crippen molar-refractivity contribution >= 4 is 34.8 Å². The molecule has 0 bridgehead atoms. The van der Waals surface area contributed by atoms with Gasteiger partial charge in [-0.25, -0.2) is 0 Å². The van der Waals surface area contributed by atoms with Crippen molar-refractivity contribution < 1.29 is 19.0 Å². The number of anilines is 1. The van der Waals surface area contributed by atoms with Crippen LogP contribution < -0.4 is 19.5 Å². The second-order valence-electron chi connectivity index (χ2n) is 5.35. The first-order valence-electron chi connectivity index (χ1n) is 7.51. The SMILES string of the molecule is COc1cc(OC)c(NC(=O)[C@@H](C)Oc2ccc(Cl)cc2C)cc1Cl. The van der Waals surface area contributed by atoms with Crippen molar-refractivity contribution in [2.75, 3.05) is 19.5 Å². The topological polar surface area (TPSA) is 56.8 Å². The maximum Gasteiger partial charge on any atom is 0.265 e. The van der Waals surface area contributed by atoms with Crippen LogP contribution in [0.1, 0.15) is 12.5 Å². The maximum atomic E-state index is 12.4. The number of carbonyl (C=O) groups excluding carboxylic acids is 1. The lowest BCUT2D eigenvalue weighted by Crippen LogP contribution is -2.30. The average Bonchev–Trinajstić information content (AvgIpc) is 2.57. The Morgan fingerprint density at radius 1 is 1.04 bits per heavy atom. The second-order valence-corrected chi connectivity index (χ2v) is 6.19. The van der Waals surface area contributed by atoms with E-state index in [0.29, 0.717) is 33.0 Å². The molecule has 0 heterocycles. The zero-order valence-corrected chi connectivity index (χ0v) is 15.9. The first-order chi connectivity index (χ1) is 11.8. The highest BCUT2D eigenvalue weighted by molar-refractivity contribution is 6.32. The van der Waals surface area contributed by atoms with Gasteiger partial charge in [-0.1, -0.05) is 23.2 Å². The van der Waals surface area contributed by atoms with Gasteiger partial charge in [0.2, 0.25) is 0 Å². The summed E-state index contributed by atoms with van der Waals surface area (Å²) in [4.78, 5) is 12.4. The number of halogens is 2. The molecule has 1 N–H and O–H groups in total. The minimum Gasteiger partial charge on any atom is -0.495 e. The minimum atomic E-state index is -0.731. The molecule has 0 aliphatic heterocycles. The number of nitrogens with one attached hydrogen (secondary N) is 1. The van der Waals surface area contributed by atoms with Crippen LogP contribution in [-0.2, 0) is 4.79 Å². The Hall–Kier alpha value is -2.11. The molecule has 25 heavy (non-hydrogen) atoms. The normalized spacial score (nSPS) is 11.6. The Balaban J connectivity index is 2.14. The molecule has 0 saturated heterocycles. The molecule has 2 aromatic carbocycles. The summed E-state index contributed by atoms with van der Waals surface area (Å²) in [5, 5.41) is 3.72. The van der Waals surface area contributed by atoms with E-state index >= 15 is 0 Å². The average molecular weight is 384 g/mol. The van der Waals surface area contributed by atoms with Gasteiger partial charge in [-0.15, -0.1) is 0 Å². The van der Waals surface area contributed by atoms with Crippen LogP contribution in [0.4, 0.5) is 5.69 Å². The Labute approximate surface area is 156 Å². The summed E-state index contributed by atoms with van der Waals surface area (Å²) < 4.78 is 16.1. The number of hydrogen-bond acceptors (Lipinski definition) is 4. The Morgan fingerprint density at radius 3 is 2.32 bits per heavy atom. The van der Waals surface area contributed by atoms with Gasteiger partial charge in [-0.3, -0.25) is 4.79 Å². The number of aryl methyl sites for hydroxylation is 1. The molecule has 1 atom stereocenters. The summed E-state index contributed by atoms with van der Waals surface area (Å²) in [7, 11) is 3.00. The van der Waals surface area contributed by atoms with Crippen molar-refractivity contribution in [3.63, 3.8) is 0 Å². The van der Waals surface area contributed by atoms with E-state index in [1.54, 1.807) is 37.3 Å². The molecule has 0 aromatic heterocycles. The Kier molecular flexibility index (Phi) is 6.39. The molecular formula is C18H19Cl2NO4. The van der Waals surface area contributed by atoms with Gasteiger partial charge in [-0.2, -0.15) is 0 Å². The van der Waals surface area contributed by atoms with Crippen LogP contribution in [0.15, 0.2) is 30.3 Å². The molecule has 0 aliphatic carbocycles. The van der Waals surface area contributed by atoms with Gasteiger partial charge in [0, 0.05) is 11.1 Å². The molecule has 0 radical (unpaired) electrons. The third kappa shape index (κ3) is 4.71. The second kappa shape index (κ2) is 8.32. The molecule has 2 aromatic rings. The molecule has 2 rings (SSSR count). The van der Waals surface area contributed by atoms with E-state index in [0.717, 1.165) is 5.56 Å². The molecule has 5 nitrogen and oxygen atoms in total. The van der Waals surface area contributed by atoms with Crippen molar-refractivity contribution in [3.8, 4) is 17.2 Å². The first-order valence-corrected chi connectivity index (χ1v) is 8.26. The number of ether oxygens (including phenoxy) is 3. The molecule has 7 heteroatoms. The lowest BCUT2D eigenvalue weighted by molar-refractivity contribution is -0.122. The maximum absolute atomic E-state index is 12.4. The van der Waals surface area contributed by atoms with E-state index in [1.165, 1.54) is 14.2 Å². The number of rotatable bonds is 6. The van der Waals surface area contributed by atoms with Crippen LogP contribution in [0.5, 0.6) is 17.2 Å². The fraction of sp³-hybridized carbons (Fsp3) is 0.278. The van der Waals surface area contributed by atoms with Crippen LogP contribution in [-0.4, -0.2) is 26.2 Å². The predicted octanol–water partition coefficient (Wildman–Crippen LogP) is 4.73. The number of amides is 1. The smallest absolute Gasteiger partial charge is 0.265 e. The summed E-state index contributed by atoms with van der Waals surface area (Å²) in [6, 6.07) is 8.38. The highest BCUT2D eigenvalue weighted by Gasteiger charge is 2.19. The molecule has 0 aliphatic rings. The van der Waals surface area contributed by atoms with Gasteiger partial charge >= 0.3 is 0 Å². The van der Waals surface area contributed by atoms with Crippen LogP contribution >= 0.6 is 23.2 Å². The monoisotopic (exact) mass is 383 g/mol. The number of hydrogen-bond donors (Lipinski definition) is 1. The van der Waals surface area contributed by atoms with Gasteiger partial charge in [0.25, 0.3) is 5.91 Å². The van der Waals surface area contributed by atoms with Crippen molar-refractivity contribution in [3.05, 3.63) is 45.9 Å². The molecule has 0 saturated carbocycles. The largest absolute Gasteiger partial charge is 0.495 e. The fourth-order valence-electron chi connectivity index (χ4n) is 2.18. The summed E-state index contributed by atoms with van der Waals surface area (Å²) in [5.41, 5.74) is 1.28. The van der Waals surface area contributed by atoms with Gasteiger partial charge in [0.15, 0.2) is 6.10 Å². The van der Waals surface area contributed by atoms with E-state index in [1.807, 2.05) is 6.92 Å². The third-order valence-electron chi connectivity index (χ3n) is 3.54. The van der Waals surface area contributed by atoms with Gasteiger partial charge in [0.1, 0.15) is 17.2 Å². The summed E-state index contributed by atoms with van der Waals surface area (Å²) in [6.45, 7) is 3.51. The quantitative estimate of drug-likeness (QED) is 0.783. The third-order valence-corrected chi connectivity index (χ3v) is 4.07. The number of carbonyl (C=O) groups is 1. The number of benzene rings is 2. The van der Waals surface area contributed by atoms with Crippen LogP contribution in [0.25, 0.3) is 0 Å². The highest BCUT2D eigenvalue weighted by atomic mass is 35.5. The molecule has 1 amide bonds. The van der Waals surface area contributed by atoms with E-state index < -0.39 is 6.10 Å². The zero-order chi connectivity index (χ0) is 18.6. The van der Waals surface area contributed by atoms with Crippen molar-refractivity contribution in [1.82, 2.24) is 0 Å². The lowest BCUT2D eigenvalue weighted by atomic mass is 10.2. The predicted molar refractivity (Wildman–Crippen MR) is 99.5 cm³/mol. The Bertz CT molecular complexity index is 780. The molecule has 0 fully saturated rings.